The van der Waals surface area contributed by atoms with Gasteiger partial charge in [-0.2, -0.15) is 10.2 Å². The molecule has 1 aliphatic rings. The van der Waals surface area contributed by atoms with Gasteiger partial charge in [0.15, 0.2) is 11.6 Å². The number of ether oxygens (including phenoxy) is 1. The van der Waals surface area contributed by atoms with Gasteiger partial charge < -0.3 is 10.1 Å². The lowest BCUT2D eigenvalue weighted by Gasteiger charge is -2.37. The number of hydrogen-bond donors (Lipinski definition) is 1. The van der Waals surface area contributed by atoms with Crippen LogP contribution >= 0.6 is 0 Å². The van der Waals surface area contributed by atoms with Crippen LogP contribution in [0.15, 0.2) is 30.6 Å². The molecule has 0 bridgehead atoms. The Morgan fingerprint density at radius 2 is 2.00 bits per heavy atom. The van der Waals surface area contributed by atoms with Crippen LogP contribution in [0, 0.1) is 20.8 Å². The molecule has 0 spiro atoms. The average molecular weight is 433 g/mol. The van der Waals surface area contributed by atoms with E-state index in [-0.39, 0.29) is 0 Å². The minimum Gasteiger partial charge on any atom is -0.488 e. The summed E-state index contributed by atoms with van der Waals surface area (Å²) >= 11 is 0. The smallest absolute Gasteiger partial charge is 0.165 e. The molecule has 4 aromatic rings. The maximum absolute atomic E-state index is 6.14. The monoisotopic (exact) mass is 432 g/mol. The molecule has 0 radical (unpaired) electrons. The normalized spacial score (nSPS) is 16.3. The standard InChI is InChI=1S/C23H28N8O/c1-14-15(2)25-16(3)26-23(14)27-21-11-19-10-17(6-9-31(19)28-21)22-20(12-24-30(22)5)32-13-18-7-8-29(18)4/h6,9-12,18H,7-8,13H2,1-5H3,(H,25,26,27,28)/t18-/m1/s1. The van der Waals surface area contributed by atoms with Gasteiger partial charge in [0.05, 0.1) is 11.7 Å². The van der Waals surface area contributed by atoms with Gasteiger partial charge in [0.2, 0.25) is 0 Å². The molecular formula is C23H28N8O. The molecule has 0 saturated carbocycles. The zero-order chi connectivity index (χ0) is 22.4. The molecule has 166 valence electrons. The summed E-state index contributed by atoms with van der Waals surface area (Å²) < 4.78 is 9.85. The van der Waals surface area contributed by atoms with E-state index in [4.69, 9.17) is 4.74 Å². The Labute approximate surface area is 187 Å². The van der Waals surface area contributed by atoms with E-state index in [0.717, 1.165) is 57.8 Å². The lowest BCUT2D eigenvalue weighted by molar-refractivity contribution is 0.0771. The Bertz CT molecular complexity index is 1290. The minimum atomic E-state index is 0.478. The van der Waals surface area contributed by atoms with E-state index in [2.05, 4.69) is 43.5 Å². The van der Waals surface area contributed by atoms with Gasteiger partial charge in [-0.05, 0) is 52.9 Å². The summed E-state index contributed by atoms with van der Waals surface area (Å²) in [6.07, 6.45) is 4.92. The van der Waals surface area contributed by atoms with Crippen LogP contribution in [-0.2, 0) is 7.05 Å². The third kappa shape index (κ3) is 3.69. The summed E-state index contributed by atoms with van der Waals surface area (Å²) in [5.74, 6) is 3.05. The number of likely N-dealkylation sites (N-methyl/N-ethyl adjacent to an activating group) is 1. The highest BCUT2D eigenvalue weighted by molar-refractivity contribution is 5.73. The number of nitrogens with zero attached hydrogens (tertiary/aromatic N) is 7. The Hall–Kier alpha value is -3.46. The van der Waals surface area contributed by atoms with Crippen molar-refractivity contribution in [3.8, 4) is 17.0 Å². The summed E-state index contributed by atoms with van der Waals surface area (Å²) in [7, 11) is 4.07. The van der Waals surface area contributed by atoms with Crippen LogP contribution in [0.25, 0.3) is 16.8 Å². The molecule has 0 aromatic carbocycles. The first-order valence-corrected chi connectivity index (χ1v) is 10.8. The number of aromatic nitrogens is 6. The van der Waals surface area contributed by atoms with Crippen molar-refractivity contribution >= 4 is 17.2 Å². The number of likely N-dealkylation sites (tertiary alicyclic amines) is 1. The lowest BCUT2D eigenvalue weighted by Crippen LogP contribution is -2.48. The molecule has 1 fully saturated rings. The molecule has 4 aromatic heterocycles. The molecule has 5 rings (SSSR count). The highest BCUT2D eigenvalue weighted by atomic mass is 16.5. The summed E-state index contributed by atoms with van der Waals surface area (Å²) in [6.45, 7) is 7.70. The third-order valence-electron chi connectivity index (χ3n) is 6.26. The molecule has 1 aliphatic heterocycles. The van der Waals surface area contributed by atoms with Crippen molar-refractivity contribution < 1.29 is 4.74 Å². The van der Waals surface area contributed by atoms with Gasteiger partial charge in [-0.1, -0.05) is 0 Å². The molecule has 1 atom stereocenters. The topological polar surface area (TPSA) is 85.4 Å². The Morgan fingerprint density at radius 3 is 2.75 bits per heavy atom. The zero-order valence-corrected chi connectivity index (χ0v) is 19.1. The van der Waals surface area contributed by atoms with E-state index in [9.17, 15) is 0 Å². The Balaban J connectivity index is 1.42. The summed E-state index contributed by atoms with van der Waals surface area (Å²) in [6, 6.07) is 6.62. The van der Waals surface area contributed by atoms with Crippen molar-refractivity contribution in [3.63, 3.8) is 0 Å². The fourth-order valence-corrected chi connectivity index (χ4v) is 4.03. The number of hydrogen-bond acceptors (Lipinski definition) is 7. The van der Waals surface area contributed by atoms with Crippen LogP contribution in [-0.4, -0.2) is 60.5 Å². The summed E-state index contributed by atoms with van der Waals surface area (Å²) in [4.78, 5) is 11.3. The maximum atomic E-state index is 6.14. The van der Waals surface area contributed by atoms with Crippen molar-refractivity contribution in [2.45, 2.75) is 33.2 Å². The first kappa shape index (κ1) is 20.4. The van der Waals surface area contributed by atoms with E-state index in [1.54, 1.807) is 6.20 Å². The molecule has 32 heavy (non-hydrogen) atoms. The van der Waals surface area contributed by atoms with E-state index >= 15 is 0 Å². The van der Waals surface area contributed by atoms with Crippen LogP contribution in [0.4, 0.5) is 11.6 Å². The van der Waals surface area contributed by atoms with Gasteiger partial charge in [-0.3, -0.25) is 9.58 Å². The van der Waals surface area contributed by atoms with Crippen LogP contribution in [0.1, 0.15) is 23.5 Å². The van der Waals surface area contributed by atoms with Crippen LogP contribution in [0.3, 0.4) is 0 Å². The molecule has 1 saturated heterocycles. The van der Waals surface area contributed by atoms with Crippen molar-refractivity contribution in [3.05, 3.63) is 47.7 Å². The number of fused-ring (bicyclic) bond motifs is 1. The highest BCUT2D eigenvalue weighted by Crippen LogP contribution is 2.31. The van der Waals surface area contributed by atoms with E-state index in [1.807, 2.05) is 55.3 Å². The minimum absolute atomic E-state index is 0.478. The van der Waals surface area contributed by atoms with Crippen molar-refractivity contribution in [2.75, 3.05) is 25.5 Å². The third-order valence-corrected chi connectivity index (χ3v) is 6.26. The summed E-state index contributed by atoms with van der Waals surface area (Å²) in [5.41, 5.74) is 4.94. The Kier molecular flexibility index (Phi) is 5.05. The first-order chi connectivity index (χ1) is 15.4. The second-order valence-electron chi connectivity index (χ2n) is 8.48. The molecule has 9 heteroatoms. The molecule has 9 nitrogen and oxygen atoms in total. The van der Waals surface area contributed by atoms with Crippen molar-refractivity contribution in [2.24, 2.45) is 7.05 Å². The molecule has 0 unspecified atom stereocenters. The van der Waals surface area contributed by atoms with Crippen molar-refractivity contribution in [1.29, 1.82) is 0 Å². The number of pyridine rings is 1. The van der Waals surface area contributed by atoms with Gasteiger partial charge in [0.25, 0.3) is 0 Å². The van der Waals surface area contributed by atoms with Gasteiger partial charge in [0, 0.05) is 42.2 Å². The fraction of sp³-hybridized carbons (Fsp3) is 0.391. The molecule has 0 amide bonds. The number of aryl methyl sites for hydroxylation is 3. The molecule has 5 heterocycles. The fourth-order valence-electron chi connectivity index (χ4n) is 4.03. The van der Waals surface area contributed by atoms with Crippen LogP contribution in [0.2, 0.25) is 0 Å². The second-order valence-corrected chi connectivity index (χ2v) is 8.48. The number of nitrogens with one attached hydrogen (secondary N) is 1. The largest absolute Gasteiger partial charge is 0.488 e. The lowest BCUT2D eigenvalue weighted by atomic mass is 10.1. The van der Waals surface area contributed by atoms with Crippen molar-refractivity contribution in [1.82, 2.24) is 34.3 Å². The van der Waals surface area contributed by atoms with Crippen LogP contribution in [0.5, 0.6) is 5.75 Å². The average Bonchev–Trinajstić information content (AvgIpc) is 3.32. The predicted octanol–water partition coefficient (Wildman–Crippen LogP) is 3.28. The summed E-state index contributed by atoms with van der Waals surface area (Å²) in [5, 5.41) is 12.4. The first-order valence-electron chi connectivity index (χ1n) is 10.8. The molecular weight excluding hydrogens is 404 g/mol. The van der Waals surface area contributed by atoms with Gasteiger partial charge in [-0.15, -0.1) is 0 Å². The van der Waals surface area contributed by atoms with Gasteiger partial charge >= 0.3 is 0 Å². The number of rotatable bonds is 6. The Morgan fingerprint density at radius 1 is 1.16 bits per heavy atom. The SMILES string of the molecule is Cc1nc(C)c(C)c(Nc2cc3cc(-c4c(OC[C@H]5CCN5C)cnn4C)ccn3n2)n1. The predicted molar refractivity (Wildman–Crippen MR) is 123 cm³/mol. The quantitative estimate of drug-likeness (QED) is 0.500. The maximum Gasteiger partial charge on any atom is 0.165 e. The molecule has 1 N–H and O–H groups in total. The zero-order valence-electron chi connectivity index (χ0n) is 19.1. The van der Waals surface area contributed by atoms with Gasteiger partial charge in [0.1, 0.15) is 23.9 Å². The second kappa shape index (κ2) is 7.90. The number of anilines is 2. The highest BCUT2D eigenvalue weighted by Gasteiger charge is 2.25. The van der Waals surface area contributed by atoms with Gasteiger partial charge in [-0.25, -0.2) is 14.5 Å². The van der Waals surface area contributed by atoms with E-state index in [1.165, 1.54) is 6.42 Å². The molecule has 0 aliphatic carbocycles. The van der Waals surface area contributed by atoms with E-state index < -0.39 is 0 Å². The van der Waals surface area contributed by atoms with E-state index in [0.29, 0.717) is 12.6 Å². The van der Waals surface area contributed by atoms with Crippen LogP contribution < -0.4 is 10.1 Å².